The summed E-state index contributed by atoms with van der Waals surface area (Å²) in [6.45, 7) is 4.65. The average molecular weight is 377 g/mol. The number of benzene rings is 1. The van der Waals surface area contributed by atoms with Crippen LogP contribution in [0.3, 0.4) is 0 Å². The number of anilines is 1. The highest BCUT2D eigenvalue weighted by atomic mass is 79.9. The highest BCUT2D eigenvalue weighted by molar-refractivity contribution is 9.10. The van der Waals surface area contributed by atoms with E-state index in [1.165, 1.54) is 5.56 Å². The highest BCUT2D eigenvalue weighted by Gasteiger charge is 2.34. The molecular weight excluding hydrogens is 360 g/mol. The molecule has 6 heteroatoms. The van der Waals surface area contributed by atoms with Crippen molar-refractivity contribution < 1.29 is 14.0 Å². The van der Waals surface area contributed by atoms with Gasteiger partial charge in [-0.3, -0.25) is 9.59 Å². The van der Waals surface area contributed by atoms with Gasteiger partial charge in [0.25, 0.3) is 5.91 Å². The smallest absolute Gasteiger partial charge is 0.287 e. The molecule has 1 aliphatic rings. The third-order valence-corrected chi connectivity index (χ3v) is 4.54. The van der Waals surface area contributed by atoms with E-state index in [1.54, 1.807) is 17.0 Å². The van der Waals surface area contributed by atoms with E-state index in [0.717, 1.165) is 11.3 Å². The molecule has 1 aromatic heterocycles. The lowest BCUT2D eigenvalue weighted by Gasteiger charge is -2.18. The van der Waals surface area contributed by atoms with Gasteiger partial charge in [-0.15, -0.1) is 0 Å². The molecule has 3 rings (SSSR count). The molecule has 1 unspecified atom stereocenters. The van der Waals surface area contributed by atoms with Crippen LogP contribution < -0.4 is 10.2 Å². The van der Waals surface area contributed by atoms with Crippen LogP contribution in [0.1, 0.15) is 28.1 Å². The van der Waals surface area contributed by atoms with E-state index in [9.17, 15) is 9.59 Å². The summed E-state index contributed by atoms with van der Waals surface area (Å²) in [6, 6.07) is 8.64. The summed E-state index contributed by atoms with van der Waals surface area (Å²) < 4.78 is 5.69. The Balaban J connectivity index is 1.71. The Kier molecular flexibility index (Phi) is 4.26. The molecule has 1 N–H and O–H groups in total. The average Bonchev–Trinajstić information content (AvgIpc) is 3.09. The fourth-order valence-electron chi connectivity index (χ4n) is 2.63. The van der Waals surface area contributed by atoms with Crippen LogP contribution in [0, 0.1) is 13.8 Å². The zero-order chi connectivity index (χ0) is 16.6. The molecule has 0 bridgehead atoms. The van der Waals surface area contributed by atoms with Crippen molar-refractivity contribution in [2.45, 2.75) is 26.3 Å². The van der Waals surface area contributed by atoms with Crippen LogP contribution in [0.25, 0.3) is 0 Å². The van der Waals surface area contributed by atoms with Crippen LogP contribution in [-0.4, -0.2) is 24.4 Å². The van der Waals surface area contributed by atoms with Gasteiger partial charge in [0.15, 0.2) is 10.4 Å². The molecule has 0 radical (unpaired) electrons. The predicted octanol–water partition coefficient (Wildman–Crippen LogP) is 3.19. The summed E-state index contributed by atoms with van der Waals surface area (Å²) in [6.07, 6.45) is 0.583. The van der Waals surface area contributed by atoms with Gasteiger partial charge in [-0.2, -0.15) is 0 Å². The summed E-state index contributed by atoms with van der Waals surface area (Å²) in [4.78, 5) is 26.4. The number of halogens is 1. The number of rotatable bonds is 3. The van der Waals surface area contributed by atoms with Crippen LogP contribution in [0.4, 0.5) is 5.69 Å². The molecule has 2 aromatic rings. The van der Waals surface area contributed by atoms with Crippen LogP contribution in [-0.2, 0) is 4.79 Å². The zero-order valence-electron chi connectivity index (χ0n) is 12.9. The molecule has 2 heterocycles. The van der Waals surface area contributed by atoms with Gasteiger partial charge in [-0.25, -0.2) is 0 Å². The summed E-state index contributed by atoms with van der Waals surface area (Å²) in [5.41, 5.74) is 3.20. The van der Waals surface area contributed by atoms with Crippen molar-refractivity contribution in [2.75, 3.05) is 11.4 Å². The largest absolute Gasteiger partial charge is 0.444 e. The number of nitrogens with zero attached hydrogens (tertiary/aromatic N) is 1. The van der Waals surface area contributed by atoms with E-state index in [1.807, 2.05) is 32.0 Å². The first-order chi connectivity index (χ1) is 11.0. The van der Waals surface area contributed by atoms with Crippen molar-refractivity contribution in [3.63, 3.8) is 0 Å². The fourth-order valence-corrected chi connectivity index (χ4v) is 2.94. The SMILES string of the molecule is Cc1ccc(N2CCC(NC(=O)c3ccc(Br)o3)C2=O)cc1C. The first kappa shape index (κ1) is 15.8. The first-order valence-electron chi connectivity index (χ1n) is 7.40. The highest BCUT2D eigenvalue weighted by Crippen LogP contribution is 2.24. The Hall–Kier alpha value is -2.08. The molecule has 5 nitrogen and oxygen atoms in total. The molecule has 1 aliphatic heterocycles. The number of carbonyl (C=O) groups excluding carboxylic acids is 2. The molecule has 1 atom stereocenters. The van der Waals surface area contributed by atoms with Crippen LogP contribution in [0.5, 0.6) is 0 Å². The number of carbonyl (C=O) groups is 2. The van der Waals surface area contributed by atoms with Gasteiger partial charge in [-0.1, -0.05) is 6.07 Å². The molecule has 23 heavy (non-hydrogen) atoms. The van der Waals surface area contributed by atoms with Gasteiger partial charge in [0.1, 0.15) is 6.04 Å². The third kappa shape index (κ3) is 3.17. The number of furan rings is 1. The van der Waals surface area contributed by atoms with Crippen molar-refractivity contribution in [1.82, 2.24) is 5.32 Å². The van der Waals surface area contributed by atoms with E-state index < -0.39 is 6.04 Å². The van der Waals surface area contributed by atoms with Gasteiger partial charge in [-0.05, 0) is 71.6 Å². The van der Waals surface area contributed by atoms with Crippen LogP contribution in [0.2, 0.25) is 0 Å². The summed E-state index contributed by atoms with van der Waals surface area (Å²) in [7, 11) is 0. The predicted molar refractivity (Wildman–Crippen MR) is 90.5 cm³/mol. The maximum Gasteiger partial charge on any atom is 0.287 e. The van der Waals surface area contributed by atoms with Crippen LogP contribution in [0.15, 0.2) is 39.4 Å². The Morgan fingerprint density at radius 1 is 1.26 bits per heavy atom. The van der Waals surface area contributed by atoms with Gasteiger partial charge in [0.05, 0.1) is 0 Å². The fraction of sp³-hybridized carbons (Fsp3) is 0.294. The van der Waals surface area contributed by atoms with Crippen molar-refractivity contribution >= 4 is 33.4 Å². The summed E-state index contributed by atoms with van der Waals surface area (Å²) in [5.74, 6) is -0.280. The number of hydrogen-bond acceptors (Lipinski definition) is 3. The van der Waals surface area contributed by atoms with E-state index in [4.69, 9.17) is 4.42 Å². The lowest BCUT2D eigenvalue weighted by atomic mass is 10.1. The molecule has 0 aliphatic carbocycles. The lowest BCUT2D eigenvalue weighted by Crippen LogP contribution is -2.41. The summed E-state index contributed by atoms with van der Waals surface area (Å²) in [5, 5.41) is 2.74. The second kappa shape index (κ2) is 6.20. The topological polar surface area (TPSA) is 62.6 Å². The number of aryl methyl sites for hydroxylation is 2. The molecule has 0 spiro atoms. The molecule has 2 amide bonds. The normalized spacial score (nSPS) is 17.6. The Bertz CT molecular complexity index is 769. The van der Waals surface area contributed by atoms with Crippen molar-refractivity contribution in [1.29, 1.82) is 0 Å². The zero-order valence-corrected chi connectivity index (χ0v) is 14.5. The Labute approximate surface area is 142 Å². The minimum Gasteiger partial charge on any atom is -0.444 e. The number of hydrogen-bond donors (Lipinski definition) is 1. The molecule has 120 valence electrons. The van der Waals surface area contributed by atoms with E-state index in [2.05, 4.69) is 21.2 Å². The Morgan fingerprint density at radius 2 is 2.04 bits per heavy atom. The molecule has 1 aromatic carbocycles. The standard InChI is InChI=1S/C17H17BrN2O3/c1-10-3-4-12(9-11(10)2)20-8-7-13(17(20)22)19-16(21)14-5-6-15(18)23-14/h3-6,9,13H,7-8H2,1-2H3,(H,19,21). The second-order valence-corrected chi connectivity index (χ2v) is 6.46. The molecular formula is C17H17BrN2O3. The second-order valence-electron chi connectivity index (χ2n) is 5.68. The first-order valence-corrected chi connectivity index (χ1v) is 8.20. The quantitative estimate of drug-likeness (QED) is 0.894. The number of nitrogens with one attached hydrogen (secondary N) is 1. The van der Waals surface area contributed by atoms with Gasteiger partial charge >= 0.3 is 0 Å². The van der Waals surface area contributed by atoms with E-state index in [-0.39, 0.29) is 17.6 Å². The monoisotopic (exact) mass is 376 g/mol. The maximum absolute atomic E-state index is 12.5. The number of amides is 2. The maximum atomic E-state index is 12.5. The van der Waals surface area contributed by atoms with Gasteiger partial charge in [0.2, 0.25) is 5.91 Å². The minimum absolute atomic E-state index is 0.0905. The molecule has 0 saturated carbocycles. The lowest BCUT2D eigenvalue weighted by molar-refractivity contribution is -0.118. The molecule has 1 saturated heterocycles. The molecule has 1 fully saturated rings. The third-order valence-electron chi connectivity index (χ3n) is 4.11. The van der Waals surface area contributed by atoms with Gasteiger partial charge < -0.3 is 14.6 Å². The van der Waals surface area contributed by atoms with Crippen molar-refractivity contribution in [2.24, 2.45) is 0 Å². The Morgan fingerprint density at radius 3 is 2.70 bits per heavy atom. The van der Waals surface area contributed by atoms with E-state index in [0.29, 0.717) is 17.6 Å². The van der Waals surface area contributed by atoms with Crippen molar-refractivity contribution in [3.05, 3.63) is 51.9 Å². The van der Waals surface area contributed by atoms with Crippen molar-refractivity contribution in [3.8, 4) is 0 Å². The summed E-state index contributed by atoms with van der Waals surface area (Å²) >= 11 is 3.16. The van der Waals surface area contributed by atoms with Crippen LogP contribution >= 0.6 is 15.9 Å². The van der Waals surface area contributed by atoms with E-state index >= 15 is 0 Å². The van der Waals surface area contributed by atoms with Gasteiger partial charge in [0, 0.05) is 12.2 Å². The minimum atomic E-state index is -0.520.